The smallest absolute Gasteiger partial charge is 0.490 e. The molecule has 2 heterocycles. The van der Waals surface area contributed by atoms with Gasteiger partial charge in [-0.2, -0.15) is 36.3 Å². The Bertz CT molecular complexity index is 1250. The molecule has 0 atom stereocenters. The van der Waals surface area contributed by atoms with Crippen LogP contribution in [-0.2, 0) is 11.0 Å². The fourth-order valence-electron chi connectivity index (χ4n) is 3.33. The van der Waals surface area contributed by atoms with Crippen molar-refractivity contribution in [3.63, 3.8) is 0 Å². The number of carboxylic acid groups (broad SMARTS) is 1. The van der Waals surface area contributed by atoms with Crippen LogP contribution in [0.15, 0.2) is 30.3 Å². The summed E-state index contributed by atoms with van der Waals surface area (Å²) < 4.78 is 79.0. The van der Waals surface area contributed by atoms with E-state index in [0.717, 1.165) is 19.2 Å². The van der Waals surface area contributed by atoms with Crippen LogP contribution in [0.5, 0.6) is 5.75 Å². The number of carboxylic acids is 1. The van der Waals surface area contributed by atoms with Gasteiger partial charge in [0, 0.05) is 13.6 Å². The number of nitrogens with two attached hydrogens (primary N) is 1. The summed E-state index contributed by atoms with van der Waals surface area (Å²) in [5.41, 5.74) is 5.07. The van der Waals surface area contributed by atoms with E-state index in [4.69, 9.17) is 20.4 Å². The number of alkyl halides is 6. The summed E-state index contributed by atoms with van der Waals surface area (Å²) in [6.07, 6.45) is -9.66. The molecule has 0 saturated heterocycles. The van der Waals surface area contributed by atoms with Gasteiger partial charge in [0.25, 0.3) is 0 Å². The second-order valence-corrected chi connectivity index (χ2v) is 7.60. The largest absolute Gasteiger partial charge is 0.492 e. The van der Waals surface area contributed by atoms with Crippen LogP contribution in [0.3, 0.4) is 0 Å². The van der Waals surface area contributed by atoms with Crippen LogP contribution in [0.4, 0.5) is 38.1 Å². The number of nitrogen functional groups attached to an aromatic ring is 1. The predicted octanol–water partition coefficient (Wildman–Crippen LogP) is 4.69. The molecular weight excluding hydrogens is 522 g/mol. The van der Waals surface area contributed by atoms with E-state index >= 15 is 0 Å². The molecule has 0 aliphatic rings. The molecule has 0 spiro atoms. The minimum absolute atomic E-state index is 0.0266. The van der Waals surface area contributed by atoms with Gasteiger partial charge in [-0.1, -0.05) is 19.9 Å². The Morgan fingerprint density at radius 1 is 1.05 bits per heavy atom. The number of aliphatic carboxylic acids is 1. The number of anilines is 2. The third-order valence-corrected chi connectivity index (χ3v) is 5.20. The number of likely N-dealkylation sites (N-methyl/N-ethyl adjacent to an activating group) is 1. The van der Waals surface area contributed by atoms with Gasteiger partial charge in [-0.25, -0.2) is 9.78 Å². The summed E-state index contributed by atoms with van der Waals surface area (Å²) in [4.78, 5) is 23.5. The molecule has 0 unspecified atom stereocenters. The van der Waals surface area contributed by atoms with Crippen LogP contribution in [0.2, 0.25) is 0 Å². The van der Waals surface area contributed by atoms with E-state index in [2.05, 4.69) is 25.2 Å². The summed E-state index contributed by atoms with van der Waals surface area (Å²) in [6.45, 7) is 6.55. The highest BCUT2D eigenvalue weighted by Gasteiger charge is 2.38. The molecule has 3 rings (SSSR count). The molecule has 9 nitrogen and oxygen atoms in total. The number of benzene rings is 1. The molecule has 0 amide bonds. The van der Waals surface area contributed by atoms with Crippen LogP contribution in [0, 0.1) is 0 Å². The van der Waals surface area contributed by atoms with Gasteiger partial charge in [0.15, 0.2) is 5.65 Å². The second kappa shape index (κ2) is 12.6. The summed E-state index contributed by atoms with van der Waals surface area (Å²) in [6, 6.07) is 7.00. The van der Waals surface area contributed by atoms with Crippen molar-refractivity contribution < 1.29 is 41.0 Å². The maximum Gasteiger partial charge on any atom is 0.490 e. The number of rotatable bonds is 8. The van der Waals surface area contributed by atoms with Crippen molar-refractivity contribution in [2.45, 2.75) is 26.2 Å². The normalized spacial score (nSPS) is 11.7. The van der Waals surface area contributed by atoms with Gasteiger partial charge in [-0.05, 0) is 37.4 Å². The fourth-order valence-corrected chi connectivity index (χ4v) is 3.33. The topological polar surface area (TPSA) is 126 Å². The molecule has 208 valence electrons. The molecule has 0 aliphatic carbocycles. The van der Waals surface area contributed by atoms with Crippen molar-refractivity contribution in [1.82, 2.24) is 19.9 Å². The van der Waals surface area contributed by atoms with Crippen molar-refractivity contribution >= 4 is 28.8 Å². The Kier molecular flexibility index (Phi) is 10.0. The zero-order valence-electron chi connectivity index (χ0n) is 20.6. The Balaban J connectivity index is 0.000000638. The van der Waals surface area contributed by atoms with Crippen LogP contribution in [0.1, 0.15) is 19.4 Å². The summed E-state index contributed by atoms with van der Waals surface area (Å²) in [7, 11) is 1.66. The van der Waals surface area contributed by atoms with Gasteiger partial charge in [0.2, 0.25) is 5.95 Å². The summed E-state index contributed by atoms with van der Waals surface area (Å²) in [5, 5.41) is 10.6. The highest BCUT2D eigenvalue weighted by atomic mass is 19.4. The molecule has 0 saturated carbocycles. The Hall–Kier alpha value is -3.88. The minimum Gasteiger partial charge on any atom is -0.492 e. The number of nitrogens with one attached hydrogen (secondary N) is 1. The zero-order valence-corrected chi connectivity index (χ0v) is 20.6. The SMILES string of the molecule is CCN(CC)CCOc1cccc(C(F)(F)F)c1-c1ccc2c(NC)nc(N)nc2n1.O=C(O)C(F)(F)F. The van der Waals surface area contributed by atoms with Gasteiger partial charge in [0.05, 0.1) is 22.2 Å². The lowest BCUT2D eigenvalue weighted by molar-refractivity contribution is -0.192. The number of ether oxygens (including phenoxy) is 1. The molecule has 2 aromatic heterocycles. The van der Waals surface area contributed by atoms with Crippen LogP contribution >= 0.6 is 0 Å². The van der Waals surface area contributed by atoms with E-state index in [9.17, 15) is 26.3 Å². The van der Waals surface area contributed by atoms with Crippen molar-refractivity contribution in [3.8, 4) is 17.0 Å². The van der Waals surface area contributed by atoms with Gasteiger partial charge in [-0.3, -0.25) is 0 Å². The van der Waals surface area contributed by atoms with Gasteiger partial charge in [-0.15, -0.1) is 0 Å². The lowest BCUT2D eigenvalue weighted by atomic mass is 10.0. The standard InChI is InChI=1S/C21H25F3N6O.C2HF3O2/c1-4-30(5-2)11-12-31-16-8-6-7-14(21(22,23)24)17(16)15-10-9-13-18(26-3)28-20(25)29-19(13)27-15;3-2(4,5)1(6)7/h6-10H,4-5,11-12H2,1-3H3,(H3,25,26,27,28,29);(H,6,7). The molecule has 0 bridgehead atoms. The first kappa shape index (κ1) is 30.3. The number of fused-ring (bicyclic) bond motifs is 1. The number of nitrogens with zero attached hydrogens (tertiary/aromatic N) is 4. The summed E-state index contributed by atoms with van der Waals surface area (Å²) in [5.74, 6) is -2.22. The van der Waals surface area contributed by atoms with E-state index in [1.54, 1.807) is 13.1 Å². The van der Waals surface area contributed by atoms with Crippen LogP contribution in [0.25, 0.3) is 22.3 Å². The number of aromatic nitrogens is 3. The molecule has 15 heteroatoms. The molecular formula is C23H26F6N6O3. The maximum absolute atomic E-state index is 13.8. The lowest BCUT2D eigenvalue weighted by Gasteiger charge is -2.20. The number of halogens is 6. The fraction of sp³-hybridized carbons (Fsp3) is 0.391. The van der Waals surface area contributed by atoms with E-state index in [1.165, 1.54) is 18.2 Å². The van der Waals surface area contributed by atoms with Crippen molar-refractivity contribution in [2.24, 2.45) is 0 Å². The maximum atomic E-state index is 13.8. The van der Waals surface area contributed by atoms with E-state index < -0.39 is 23.9 Å². The molecule has 38 heavy (non-hydrogen) atoms. The average Bonchev–Trinajstić information content (AvgIpc) is 2.84. The van der Waals surface area contributed by atoms with Crippen molar-refractivity contribution in [2.75, 3.05) is 44.3 Å². The number of pyridine rings is 1. The van der Waals surface area contributed by atoms with Gasteiger partial charge < -0.3 is 25.8 Å². The highest BCUT2D eigenvalue weighted by molar-refractivity contribution is 5.89. The minimum atomic E-state index is -5.08. The zero-order chi connectivity index (χ0) is 28.7. The van der Waals surface area contributed by atoms with Gasteiger partial charge >= 0.3 is 18.3 Å². The van der Waals surface area contributed by atoms with E-state index in [1.807, 2.05) is 13.8 Å². The third-order valence-electron chi connectivity index (χ3n) is 5.20. The first-order valence-electron chi connectivity index (χ1n) is 11.2. The third kappa shape index (κ3) is 7.81. The molecule has 0 radical (unpaired) electrons. The van der Waals surface area contributed by atoms with E-state index in [-0.39, 0.29) is 35.2 Å². The summed E-state index contributed by atoms with van der Waals surface area (Å²) >= 11 is 0. The number of hydrogen-bond donors (Lipinski definition) is 3. The first-order chi connectivity index (χ1) is 17.7. The van der Waals surface area contributed by atoms with Crippen molar-refractivity contribution in [1.29, 1.82) is 0 Å². The molecule has 3 aromatic rings. The molecule has 0 fully saturated rings. The van der Waals surface area contributed by atoms with Crippen LogP contribution in [-0.4, -0.2) is 70.4 Å². The quantitative estimate of drug-likeness (QED) is 0.344. The Morgan fingerprint density at radius 3 is 2.21 bits per heavy atom. The lowest BCUT2D eigenvalue weighted by Crippen LogP contribution is -2.28. The number of hydrogen-bond acceptors (Lipinski definition) is 8. The molecule has 4 N–H and O–H groups in total. The average molecular weight is 548 g/mol. The highest BCUT2D eigenvalue weighted by Crippen LogP contribution is 2.42. The predicted molar refractivity (Wildman–Crippen MR) is 129 cm³/mol. The van der Waals surface area contributed by atoms with Gasteiger partial charge in [0.1, 0.15) is 18.2 Å². The number of carbonyl (C=O) groups is 1. The second-order valence-electron chi connectivity index (χ2n) is 7.60. The van der Waals surface area contributed by atoms with Crippen LogP contribution < -0.4 is 15.8 Å². The Morgan fingerprint density at radius 2 is 1.68 bits per heavy atom. The van der Waals surface area contributed by atoms with E-state index in [0.29, 0.717) is 17.7 Å². The monoisotopic (exact) mass is 548 g/mol. The Labute approximate surface area is 213 Å². The molecule has 0 aliphatic heterocycles. The van der Waals surface area contributed by atoms with Crippen molar-refractivity contribution in [3.05, 3.63) is 35.9 Å². The molecule has 1 aromatic carbocycles. The first-order valence-corrected chi connectivity index (χ1v) is 11.2.